The average molecular weight is 482 g/mol. The van der Waals surface area contributed by atoms with Gasteiger partial charge >= 0.3 is 5.97 Å². The van der Waals surface area contributed by atoms with Crippen molar-refractivity contribution in [3.8, 4) is 0 Å². The highest BCUT2D eigenvalue weighted by Gasteiger charge is 2.34. The molecule has 1 aromatic rings. The van der Waals surface area contributed by atoms with Crippen LogP contribution in [0, 0.1) is 18.8 Å². The van der Waals surface area contributed by atoms with Crippen molar-refractivity contribution in [2.24, 2.45) is 11.8 Å². The SMILES string of the molecule is CC[C@H](C)[C@@H](NC(=O)C1CCN(C(=O)[C@H](C)NS(=O)(=O)c2ccc(C)cc2)CC1)C(=O)OC. The molecule has 9 nitrogen and oxygen atoms in total. The summed E-state index contributed by atoms with van der Waals surface area (Å²) in [5.74, 6) is -1.43. The number of methoxy groups -OCH3 is 1. The molecule has 1 aliphatic heterocycles. The van der Waals surface area contributed by atoms with E-state index in [4.69, 9.17) is 4.74 Å². The Morgan fingerprint density at radius 2 is 1.70 bits per heavy atom. The van der Waals surface area contributed by atoms with Crippen LogP contribution in [0.3, 0.4) is 0 Å². The summed E-state index contributed by atoms with van der Waals surface area (Å²) >= 11 is 0. The second-order valence-corrected chi connectivity index (χ2v) is 10.4. The van der Waals surface area contributed by atoms with E-state index in [0.717, 1.165) is 5.56 Å². The lowest BCUT2D eigenvalue weighted by Crippen LogP contribution is -2.52. The van der Waals surface area contributed by atoms with Gasteiger partial charge in [-0.05, 0) is 44.7 Å². The molecular formula is C23H35N3O6S. The van der Waals surface area contributed by atoms with Crippen molar-refractivity contribution in [3.63, 3.8) is 0 Å². The van der Waals surface area contributed by atoms with Gasteiger partial charge in [-0.25, -0.2) is 13.2 Å². The molecule has 0 spiro atoms. The number of ether oxygens (including phenoxy) is 1. The summed E-state index contributed by atoms with van der Waals surface area (Å²) in [7, 11) is -2.53. The number of rotatable bonds is 9. The Labute approximate surface area is 196 Å². The highest BCUT2D eigenvalue weighted by Crippen LogP contribution is 2.20. The van der Waals surface area contributed by atoms with E-state index in [1.807, 2.05) is 20.8 Å². The molecule has 0 radical (unpaired) electrons. The lowest BCUT2D eigenvalue weighted by atomic mass is 9.93. The topological polar surface area (TPSA) is 122 Å². The molecule has 33 heavy (non-hydrogen) atoms. The predicted octanol–water partition coefficient (Wildman–Crippen LogP) is 1.60. The highest BCUT2D eigenvalue weighted by molar-refractivity contribution is 7.89. The van der Waals surface area contributed by atoms with Crippen LogP contribution in [-0.4, -0.2) is 63.4 Å². The van der Waals surface area contributed by atoms with Crippen molar-refractivity contribution in [1.29, 1.82) is 0 Å². The maximum Gasteiger partial charge on any atom is 0.328 e. The molecule has 1 aliphatic rings. The summed E-state index contributed by atoms with van der Waals surface area (Å²) in [6.07, 6.45) is 1.58. The number of carbonyl (C=O) groups excluding carboxylic acids is 3. The van der Waals surface area contributed by atoms with Crippen LogP contribution in [0.15, 0.2) is 29.2 Å². The molecule has 0 bridgehead atoms. The molecule has 2 rings (SSSR count). The molecule has 184 valence electrons. The first-order valence-electron chi connectivity index (χ1n) is 11.3. The van der Waals surface area contributed by atoms with E-state index < -0.39 is 28.1 Å². The summed E-state index contributed by atoms with van der Waals surface area (Å²) in [5.41, 5.74) is 0.937. The summed E-state index contributed by atoms with van der Waals surface area (Å²) in [5, 5.41) is 2.80. The molecule has 10 heteroatoms. The molecular weight excluding hydrogens is 446 g/mol. The summed E-state index contributed by atoms with van der Waals surface area (Å²) in [6.45, 7) is 7.85. The number of esters is 1. The fraction of sp³-hybridized carbons (Fsp3) is 0.609. The minimum Gasteiger partial charge on any atom is -0.467 e. The molecule has 1 saturated heterocycles. The van der Waals surface area contributed by atoms with Crippen LogP contribution in [0.4, 0.5) is 0 Å². The third-order valence-electron chi connectivity index (χ3n) is 6.18. The van der Waals surface area contributed by atoms with Crippen molar-refractivity contribution in [1.82, 2.24) is 14.9 Å². The number of likely N-dealkylation sites (tertiary alicyclic amines) is 1. The summed E-state index contributed by atoms with van der Waals surface area (Å²) in [4.78, 5) is 39.2. The van der Waals surface area contributed by atoms with Crippen LogP contribution in [0.5, 0.6) is 0 Å². The van der Waals surface area contributed by atoms with Crippen LogP contribution < -0.4 is 10.0 Å². The second kappa shape index (κ2) is 11.6. The number of sulfonamides is 1. The lowest BCUT2D eigenvalue weighted by molar-refractivity contribution is -0.147. The lowest BCUT2D eigenvalue weighted by Gasteiger charge is -2.34. The summed E-state index contributed by atoms with van der Waals surface area (Å²) < 4.78 is 32.4. The first kappa shape index (κ1) is 26.8. The fourth-order valence-electron chi connectivity index (χ4n) is 3.77. The number of carbonyl (C=O) groups is 3. The van der Waals surface area contributed by atoms with Gasteiger partial charge in [0.05, 0.1) is 18.0 Å². The predicted molar refractivity (Wildman–Crippen MR) is 124 cm³/mol. The minimum atomic E-state index is -3.82. The molecule has 1 heterocycles. The van der Waals surface area contributed by atoms with E-state index in [2.05, 4.69) is 10.0 Å². The third kappa shape index (κ3) is 7.01. The van der Waals surface area contributed by atoms with Gasteiger partial charge in [-0.15, -0.1) is 0 Å². The average Bonchev–Trinajstić information content (AvgIpc) is 2.80. The highest BCUT2D eigenvalue weighted by atomic mass is 32.2. The van der Waals surface area contributed by atoms with Crippen LogP contribution in [0.25, 0.3) is 0 Å². The first-order chi connectivity index (χ1) is 15.5. The fourth-order valence-corrected chi connectivity index (χ4v) is 4.97. The van der Waals surface area contributed by atoms with Gasteiger partial charge in [0.2, 0.25) is 21.8 Å². The largest absolute Gasteiger partial charge is 0.467 e. The van der Waals surface area contributed by atoms with Gasteiger partial charge in [-0.2, -0.15) is 4.72 Å². The van der Waals surface area contributed by atoms with Gasteiger partial charge in [-0.3, -0.25) is 9.59 Å². The van der Waals surface area contributed by atoms with Crippen molar-refractivity contribution < 1.29 is 27.5 Å². The van der Waals surface area contributed by atoms with Gasteiger partial charge in [0, 0.05) is 19.0 Å². The van der Waals surface area contributed by atoms with Crippen molar-refractivity contribution in [2.75, 3.05) is 20.2 Å². The normalized spacial score (nSPS) is 17.7. The zero-order valence-corrected chi connectivity index (χ0v) is 20.8. The molecule has 0 unspecified atom stereocenters. The maximum absolute atomic E-state index is 12.8. The van der Waals surface area contributed by atoms with Gasteiger partial charge < -0.3 is 15.0 Å². The Bertz CT molecular complexity index is 939. The van der Waals surface area contributed by atoms with E-state index >= 15 is 0 Å². The quantitative estimate of drug-likeness (QED) is 0.517. The van der Waals surface area contributed by atoms with Crippen molar-refractivity contribution in [3.05, 3.63) is 29.8 Å². The number of hydrogen-bond acceptors (Lipinski definition) is 6. The van der Waals surface area contributed by atoms with Crippen molar-refractivity contribution in [2.45, 2.75) is 63.9 Å². The van der Waals surface area contributed by atoms with E-state index in [1.54, 1.807) is 17.0 Å². The van der Waals surface area contributed by atoms with Crippen LogP contribution in [-0.2, 0) is 29.1 Å². The number of aryl methyl sites for hydroxylation is 1. The monoisotopic (exact) mass is 481 g/mol. The third-order valence-corrected chi connectivity index (χ3v) is 7.73. The molecule has 2 amide bonds. The molecule has 1 aromatic carbocycles. The zero-order valence-electron chi connectivity index (χ0n) is 20.0. The number of benzene rings is 1. The Morgan fingerprint density at radius 3 is 2.21 bits per heavy atom. The molecule has 2 N–H and O–H groups in total. The molecule has 3 atom stereocenters. The van der Waals surface area contributed by atoms with E-state index in [1.165, 1.54) is 26.2 Å². The number of amides is 2. The van der Waals surface area contributed by atoms with Crippen molar-refractivity contribution >= 4 is 27.8 Å². The smallest absolute Gasteiger partial charge is 0.328 e. The van der Waals surface area contributed by atoms with Crippen LogP contribution in [0.2, 0.25) is 0 Å². The van der Waals surface area contributed by atoms with Gasteiger partial charge in [0.25, 0.3) is 0 Å². The van der Waals surface area contributed by atoms with Crippen LogP contribution >= 0.6 is 0 Å². The van der Waals surface area contributed by atoms with Gasteiger partial charge in [-0.1, -0.05) is 38.0 Å². The maximum atomic E-state index is 12.8. The Hall–Kier alpha value is -2.46. The van der Waals surface area contributed by atoms with Crippen LogP contribution in [0.1, 0.15) is 45.6 Å². The van der Waals surface area contributed by atoms with E-state index in [-0.39, 0.29) is 28.5 Å². The van der Waals surface area contributed by atoms with Gasteiger partial charge in [0.1, 0.15) is 6.04 Å². The van der Waals surface area contributed by atoms with E-state index in [9.17, 15) is 22.8 Å². The van der Waals surface area contributed by atoms with Gasteiger partial charge in [0.15, 0.2) is 0 Å². The Morgan fingerprint density at radius 1 is 1.12 bits per heavy atom. The first-order valence-corrected chi connectivity index (χ1v) is 12.7. The molecule has 1 fully saturated rings. The molecule has 0 aliphatic carbocycles. The minimum absolute atomic E-state index is 0.0644. The number of nitrogens with one attached hydrogen (secondary N) is 2. The number of nitrogens with zero attached hydrogens (tertiary/aromatic N) is 1. The Kier molecular flexibility index (Phi) is 9.42. The number of piperidine rings is 1. The zero-order chi connectivity index (χ0) is 24.8. The Balaban J connectivity index is 1.92. The number of hydrogen-bond donors (Lipinski definition) is 2. The van der Waals surface area contributed by atoms with E-state index in [0.29, 0.717) is 32.4 Å². The summed E-state index contributed by atoms with van der Waals surface area (Å²) in [6, 6.07) is 4.75. The second-order valence-electron chi connectivity index (χ2n) is 8.65. The molecule has 0 aromatic heterocycles. The molecule has 0 saturated carbocycles. The standard InChI is InChI=1S/C23H35N3O6S/c1-6-16(3)20(23(29)32-5)24-21(27)18-11-13-26(14-12-18)22(28)17(4)25-33(30,31)19-9-7-15(2)8-10-19/h7-10,16-18,20,25H,6,11-14H2,1-5H3,(H,24,27)/t16-,17-,20+/m0/s1.